The molecule has 124 valence electrons. The van der Waals surface area contributed by atoms with Gasteiger partial charge in [-0.15, -0.1) is 0 Å². The molecule has 6 nitrogen and oxygen atoms in total. The van der Waals surface area contributed by atoms with Crippen molar-refractivity contribution >= 4 is 11.6 Å². The number of hydrogen-bond donors (Lipinski definition) is 0. The minimum Gasteiger partial charge on any atom is -0.355 e. The fourth-order valence-electron chi connectivity index (χ4n) is 3.36. The molecule has 1 saturated heterocycles. The summed E-state index contributed by atoms with van der Waals surface area (Å²) < 4.78 is 1.85. The van der Waals surface area contributed by atoms with Crippen molar-refractivity contribution in [3.05, 3.63) is 42.7 Å². The first kappa shape index (κ1) is 15.1. The summed E-state index contributed by atoms with van der Waals surface area (Å²) in [6, 6.07) is 12.9. The van der Waals surface area contributed by atoms with Gasteiger partial charge in [0.25, 0.3) is 5.78 Å². The molecule has 1 fully saturated rings. The van der Waals surface area contributed by atoms with Crippen LogP contribution in [0.3, 0.4) is 0 Å². The highest BCUT2D eigenvalue weighted by atomic mass is 15.4. The standard InChI is InChI=1S/C18H22N6/c1-22(2)15-9-6-10-23(12-15)17-11-16(14-7-4-3-5-8-14)21-18-19-13-20-24(17)18/h3-5,7-8,11,13,15H,6,9-10,12H2,1-2H3. The lowest BCUT2D eigenvalue weighted by Crippen LogP contribution is -2.45. The van der Waals surface area contributed by atoms with Gasteiger partial charge in [0.2, 0.25) is 0 Å². The number of nitrogens with zero attached hydrogens (tertiary/aromatic N) is 6. The second-order valence-corrected chi connectivity index (χ2v) is 6.54. The Morgan fingerprint density at radius 1 is 1.17 bits per heavy atom. The van der Waals surface area contributed by atoms with Gasteiger partial charge in [-0.3, -0.25) is 0 Å². The lowest BCUT2D eigenvalue weighted by atomic mass is 10.0. The Morgan fingerprint density at radius 2 is 2.00 bits per heavy atom. The molecule has 0 bridgehead atoms. The van der Waals surface area contributed by atoms with E-state index in [2.05, 4.69) is 57.2 Å². The minimum atomic E-state index is 0.561. The zero-order chi connectivity index (χ0) is 16.5. The fraction of sp³-hybridized carbons (Fsp3) is 0.389. The Bertz CT molecular complexity index is 826. The van der Waals surface area contributed by atoms with Crippen molar-refractivity contribution in [1.29, 1.82) is 0 Å². The molecule has 1 aliphatic heterocycles. The number of rotatable bonds is 3. The van der Waals surface area contributed by atoms with E-state index in [1.165, 1.54) is 12.8 Å². The van der Waals surface area contributed by atoms with E-state index in [0.29, 0.717) is 11.8 Å². The first-order chi connectivity index (χ1) is 11.7. The molecule has 1 unspecified atom stereocenters. The Labute approximate surface area is 141 Å². The van der Waals surface area contributed by atoms with Gasteiger partial charge < -0.3 is 9.80 Å². The normalized spacial score (nSPS) is 18.5. The summed E-state index contributed by atoms with van der Waals surface area (Å²) in [6.45, 7) is 2.04. The maximum atomic E-state index is 4.67. The van der Waals surface area contributed by atoms with Crippen molar-refractivity contribution in [3.63, 3.8) is 0 Å². The zero-order valence-electron chi connectivity index (χ0n) is 14.1. The maximum absolute atomic E-state index is 4.67. The molecule has 0 aliphatic carbocycles. The highest BCUT2D eigenvalue weighted by molar-refractivity contribution is 5.65. The van der Waals surface area contributed by atoms with Gasteiger partial charge in [0.05, 0.1) is 5.69 Å². The minimum absolute atomic E-state index is 0.561. The smallest absolute Gasteiger partial charge is 0.254 e. The van der Waals surface area contributed by atoms with Crippen molar-refractivity contribution in [1.82, 2.24) is 24.5 Å². The lowest BCUT2D eigenvalue weighted by molar-refractivity contribution is 0.257. The van der Waals surface area contributed by atoms with Crippen molar-refractivity contribution in [2.45, 2.75) is 18.9 Å². The number of anilines is 1. The van der Waals surface area contributed by atoms with Gasteiger partial charge in [-0.25, -0.2) is 4.98 Å². The summed E-state index contributed by atoms with van der Waals surface area (Å²) in [6.07, 6.45) is 4.00. The average molecular weight is 322 g/mol. The van der Waals surface area contributed by atoms with E-state index in [-0.39, 0.29) is 0 Å². The molecule has 1 aromatic carbocycles. The fourth-order valence-corrected chi connectivity index (χ4v) is 3.36. The van der Waals surface area contributed by atoms with Crippen LogP contribution in [0.4, 0.5) is 5.82 Å². The third-order valence-corrected chi connectivity index (χ3v) is 4.75. The van der Waals surface area contributed by atoms with E-state index in [4.69, 9.17) is 0 Å². The number of fused-ring (bicyclic) bond motifs is 1. The Hall–Kier alpha value is -2.47. The molecule has 1 atom stereocenters. The molecule has 0 saturated carbocycles. The van der Waals surface area contributed by atoms with Crippen LogP contribution in [0.5, 0.6) is 0 Å². The van der Waals surface area contributed by atoms with Crippen LogP contribution in [0.15, 0.2) is 42.7 Å². The van der Waals surface area contributed by atoms with Crippen molar-refractivity contribution in [2.75, 3.05) is 32.1 Å². The van der Waals surface area contributed by atoms with E-state index < -0.39 is 0 Å². The number of hydrogen-bond acceptors (Lipinski definition) is 5. The summed E-state index contributed by atoms with van der Waals surface area (Å²) >= 11 is 0. The summed E-state index contributed by atoms with van der Waals surface area (Å²) in [5.74, 6) is 1.72. The number of aromatic nitrogens is 4. The van der Waals surface area contributed by atoms with Gasteiger partial charge in [0, 0.05) is 30.8 Å². The quantitative estimate of drug-likeness (QED) is 0.741. The monoisotopic (exact) mass is 322 g/mol. The molecule has 2 aromatic heterocycles. The number of piperidine rings is 1. The lowest BCUT2D eigenvalue weighted by Gasteiger charge is -2.37. The summed E-state index contributed by atoms with van der Waals surface area (Å²) in [7, 11) is 4.31. The first-order valence-electron chi connectivity index (χ1n) is 8.40. The first-order valence-corrected chi connectivity index (χ1v) is 8.40. The van der Waals surface area contributed by atoms with Crippen LogP contribution < -0.4 is 4.90 Å². The van der Waals surface area contributed by atoms with E-state index in [9.17, 15) is 0 Å². The topological polar surface area (TPSA) is 49.6 Å². The molecule has 6 heteroatoms. The second kappa shape index (κ2) is 6.20. The van der Waals surface area contributed by atoms with Gasteiger partial charge in [0.1, 0.15) is 12.1 Å². The SMILES string of the molecule is CN(C)C1CCCN(c2cc(-c3ccccc3)nc3ncnn23)C1. The zero-order valence-corrected chi connectivity index (χ0v) is 14.1. The van der Waals surface area contributed by atoms with Crippen LogP contribution in [-0.2, 0) is 0 Å². The van der Waals surface area contributed by atoms with E-state index in [1.54, 1.807) is 6.33 Å². The van der Waals surface area contributed by atoms with Crippen LogP contribution in [-0.4, -0.2) is 57.7 Å². The molecule has 4 rings (SSSR count). The van der Waals surface area contributed by atoms with Crippen LogP contribution in [0.1, 0.15) is 12.8 Å². The predicted molar refractivity (Wildman–Crippen MR) is 95.1 cm³/mol. The highest BCUT2D eigenvalue weighted by Crippen LogP contribution is 2.26. The van der Waals surface area contributed by atoms with Crippen molar-refractivity contribution < 1.29 is 0 Å². The highest BCUT2D eigenvalue weighted by Gasteiger charge is 2.24. The average Bonchev–Trinajstić information content (AvgIpc) is 3.10. The maximum Gasteiger partial charge on any atom is 0.254 e. The molecular weight excluding hydrogens is 300 g/mol. The van der Waals surface area contributed by atoms with Crippen LogP contribution >= 0.6 is 0 Å². The number of likely N-dealkylation sites (N-methyl/N-ethyl adjacent to an activating group) is 1. The van der Waals surface area contributed by atoms with Gasteiger partial charge in [-0.1, -0.05) is 30.3 Å². The molecule has 3 heterocycles. The molecule has 1 aliphatic rings. The van der Waals surface area contributed by atoms with Gasteiger partial charge in [-0.2, -0.15) is 14.6 Å². The van der Waals surface area contributed by atoms with Gasteiger partial charge >= 0.3 is 0 Å². The largest absolute Gasteiger partial charge is 0.355 e. The van der Waals surface area contributed by atoms with E-state index >= 15 is 0 Å². The van der Waals surface area contributed by atoms with Crippen LogP contribution in [0.2, 0.25) is 0 Å². The number of benzene rings is 1. The third-order valence-electron chi connectivity index (χ3n) is 4.75. The molecule has 3 aromatic rings. The van der Waals surface area contributed by atoms with Crippen LogP contribution in [0, 0.1) is 0 Å². The molecule has 24 heavy (non-hydrogen) atoms. The molecule has 0 amide bonds. The molecule has 0 N–H and O–H groups in total. The summed E-state index contributed by atoms with van der Waals surface area (Å²) in [4.78, 5) is 13.7. The van der Waals surface area contributed by atoms with E-state index in [1.807, 2.05) is 22.7 Å². The van der Waals surface area contributed by atoms with E-state index in [0.717, 1.165) is 30.2 Å². The van der Waals surface area contributed by atoms with Crippen molar-refractivity contribution in [2.24, 2.45) is 0 Å². The Balaban J connectivity index is 1.78. The third kappa shape index (κ3) is 2.73. The Kier molecular flexibility index (Phi) is 3.90. The molecule has 0 spiro atoms. The van der Waals surface area contributed by atoms with Crippen molar-refractivity contribution in [3.8, 4) is 11.3 Å². The van der Waals surface area contributed by atoms with Gasteiger partial charge in [0.15, 0.2) is 0 Å². The predicted octanol–water partition coefficient (Wildman–Crippen LogP) is 2.32. The molecule has 0 radical (unpaired) electrons. The second-order valence-electron chi connectivity index (χ2n) is 6.54. The Morgan fingerprint density at radius 3 is 2.79 bits per heavy atom. The summed E-state index contributed by atoms with van der Waals surface area (Å²) in [5, 5.41) is 4.39. The van der Waals surface area contributed by atoms with Gasteiger partial charge in [-0.05, 0) is 26.9 Å². The molecular formula is C18H22N6. The summed E-state index contributed by atoms with van der Waals surface area (Å²) in [5.41, 5.74) is 2.04. The van der Waals surface area contributed by atoms with Crippen LogP contribution in [0.25, 0.3) is 17.0 Å².